The maximum atomic E-state index is 9.75. The maximum absolute atomic E-state index is 9.75. The fraction of sp³-hybridized carbons (Fsp3) is 0.103. The smallest absolute Gasteiger partial charge is 0.456 e. The number of hydrogen-bond acceptors (Lipinski definition) is 1. The lowest BCUT2D eigenvalue weighted by molar-refractivity contribution is 0.368. The third kappa shape index (κ3) is 8.94. The van der Waals surface area contributed by atoms with Crippen LogP contribution < -0.4 is 0 Å². The van der Waals surface area contributed by atoms with E-state index in [2.05, 4.69) is 117 Å². The van der Waals surface area contributed by atoms with Gasteiger partial charge in [0.2, 0.25) is 0 Å². The molecule has 0 bridgehead atoms. The molecule has 4 aromatic carbocycles. The van der Waals surface area contributed by atoms with E-state index >= 15 is 0 Å². The standard InChI is InChI=1S/C39H33O2.BF4/c1-3-28-15-19-31(20-16-28)35-26-36(40-39(27-35)34-21-17-29(4-2)18-22-34)23-30-24-37(32-11-7-5-8-12-32)41-38(25-30)33-13-9-6-10-14-33;2-1(3,4)5/h5-27H,3-4H2,1-2H3;/q+1;-1. The molecule has 0 unspecified atom stereocenters. The van der Waals surface area contributed by atoms with Crippen LogP contribution in [0.4, 0.5) is 17.3 Å². The van der Waals surface area contributed by atoms with Crippen molar-refractivity contribution in [2.45, 2.75) is 26.7 Å². The van der Waals surface area contributed by atoms with Gasteiger partial charge in [0.05, 0.1) is 23.8 Å². The molecule has 1 aliphatic heterocycles. The van der Waals surface area contributed by atoms with E-state index in [0.717, 1.165) is 69.3 Å². The molecule has 0 spiro atoms. The van der Waals surface area contributed by atoms with Crippen molar-refractivity contribution in [3.8, 4) is 22.5 Å². The van der Waals surface area contributed by atoms with E-state index in [1.165, 1.54) is 11.1 Å². The predicted molar refractivity (Wildman–Crippen MR) is 181 cm³/mol. The van der Waals surface area contributed by atoms with Crippen molar-refractivity contribution in [1.29, 1.82) is 0 Å². The quantitative estimate of drug-likeness (QED) is 0.103. The summed E-state index contributed by atoms with van der Waals surface area (Å²) in [4.78, 5) is 0. The minimum absolute atomic E-state index is 0.779. The van der Waals surface area contributed by atoms with Crippen molar-refractivity contribution in [2.75, 3.05) is 0 Å². The van der Waals surface area contributed by atoms with Gasteiger partial charge in [-0.1, -0.05) is 111 Å². The van der Waals surface area contributed by atoms with Crippen LogP contribution in [0.3, 0.4) is 0 Å². The van der Waals surface area contributed by atoms with Crippen LogP contribution in [-0.4, -0.2) is 7.25 Å². The highest BCUT2D eigenvalue weighted by Crippen LogP contribution is 2.35. The van der Waals surface area contributed by atoms with Gasteiger partial charge in [0, 0.05) is 16.7 Å². The van der Waals surface area contributed by atoms with E-state index in [1.54, 1.807) is 0 Å². The molecule has 232 valence electrons. The molecule has 0 amide bonds. The zero-order chi connectivity index (χ0) is 32.5. The van der Waals surface area contributed by atoms with E-state index in [0.29, 0.717) is 0 Å². The largest absolute Gasteiger partial charge is 0.673 e. The molecule has 0 N–H and O–H groups in total. The number of rotatable bonds is 7. The molecule has 0 aliphatic carbocycles. The molecule has 2 nitrogen and oxygen atoms in total. The minimum atomic E-state index is -6.00. The summed E-state index contributed by atoms with van der Waals surface area (Å²) in [6, 6.07) is 42.1. The molecule has 0 radical (unpaired) electrons. The summed E-state index contributed by atoms with van der Waals surface area (Å²) in [6.45, 7) is 4.35. The Morgan fingerprint density at radius 2 is 1.02 bits per heavy atom. The second-order valence-electron chi connectivity index (χ2n) is 10.7. The molecule has 7 heteroatoms. The Morgan fingerprint density at radius 3 is 1.48 bits per heavy atom. The third-order valence-electron chi connectivity index (χ3n) is 7.40. The fourth-order valence-corrected chi connectivity index (χ4v) is 5.00. The second-order valence-corrected chi connectivity index (χ2v) is 10.7. The van der Waals surface area contributed by atoms with Crippen molar-refractivity contribution >= 4 is 24.8 Å². The van der Waals surface area contributed by atoms with E-state index in [-0.39, 0.29) is 0 Å². The molecule has 46 heavy (non-hydrogen) atoms. The van der Waals surface area contributed by atoms with Crippen LogP contribution in [0.5, 0.6) is 0 Å². The van der Waals surface area contributed by atoms with E-state index < -0.39 is 7.25 Å². The Labute approximate surface area is 267 Å². The van der Waals surface area contributed by atoms with Gasteiger partial charge in [-0.05, 0) is 59.4 Å². The van der Waals surface area contributed by atoms with Gasteiger partial charge in [-0.15, -0.1) is 0 Å². The second kappa shape index (κ2) is 14.7. The summed E-state index contributed by atoms with van der Waals surface area (Å²) in [5.41, 5.74) is 9.03. The summed E-state index contributed by atoms with van der Waals surface area (Å²) < 4.78 is 52.0. The molecule has 6 rings (SSSR count). The number of halogens is 4. The Hall–Kier alpha value is -5.17. The van der Waals surface area contributed by atoms with E-state index in [4.69, 9.17) is 9.15 Å². The number of aryl methyl sites for hydroxylation is 2. The van der Waals surface area contributed by atoms with Crippen LogP contribution in [0.25, 0.3) is 40.0 Å². The van der Waals surface area contributed by atoms with Gasteiger partial charge in [-0.2, -0.15) is 0 Å². The summed E-state index contributed by atoms with van der Waals surface area (Å²) in [5.74, 6) is 3.23. The molecule has 0 atom stereocenters. The molecular formula is C39H33BF4O2. The van der Waals surface area contributed by atoms with Crippen molar-refractivity contribution in [1.82, 2.24) is 0 Å². The summed E-state index contributed by atoms with van der Waals surface area (Å²) >= 11 is 0. The molecular weight excluding hydrogens is 587 g/mol. The van der Waals surface area contributed by atoms with Crippen LogP contribution in [-0.2, 0) is 17.6 Å². The third-order valence-corrected chi connectivity index (χ3v) is 7.40. The van der Waals surface area contributed by atoms with Crippen LogP contribution in [0.2, 0.25) is 0 Å². The molecule has 0 fully saturated rings. The number of ether oxygens (including phenoxy) is 1. The SMILES string of the molecule is CCc1ccc(-c2cc(C=C3C=C(c4ccccc4)OC(c4ccccc4)=C3)[o+]c(-c3ccc(CC)cc3)c2)cc1.F[B-](F)(F)F. The minimum Gasteiger partial charge on any atom is -0.456 e. The lowest BCUT2D eigenvalue weighted by Gasteiger charge is -2.18. The topological polar surface area (TPSA) is 20.5 Å². The average molecular weight is 620 g/mol. The van der Waals surface area contributed by atoms with Gasteiger partial charge in [-0.3, -0.25) is 0 Å². The zero-order valence-corrected chi connectivity index (χ0v) is 25.6. The monoisotopic (exact) mass is 620 g/mol. The van der Waals surface area contributed by atoms with Gasteiger partial charge < -0.3 is 22.0 Å². The predicted octanol–water partition coefficient (Wildman–Crippen LogP) is 11.8. The lowest BCUT2D eigenvalue weighted by atomic mass is 10.00. The first kappa shape index (κ1) is 32.2. The van der Waals surface area contributed by atoms with E-state index in [1.807, 2.05) is 36.4 Å². The van der Waals surface area contributed by atoms with Gasteiger partial charge in [0.15, 0.2) is 0 Å². The molecule has 5 aromatic rings. The van der Waals surface area contributed by atoms with Crippen LogP contribution in [0, 0.1) is 0 Å². The first-order chi connectivity index (χ1) is 22.2. The zero-order valence-electron chi connectivity index (χ0n) is 25.6. The Morgan fingerprint density at radius 1 is 0.565 bits per heavy atom. The molecule has 1 aliphatic rings. The van der Waals surface area contributed by atoms with Crippen molar-refractivity contribution in [3.05, 3.63) is 167 Å². The highest BCUT2D eigenvalue weighted by atomic mass is 19.5. The fourth-order valence-electron chi connectivity index (χ4n) is 5.00. The van der Waals surface area contributed by atoms with Gasteiger partial charge >= 0.3 is 18.8 Å². The number of allylic oxidation sites excluding steroid dienone is 3. The number of benzene rings is 4. The molecule has 0 saturated carbocycles. The van der Waals surface area contributed by atoms with Crippen molar-refractivity contribution in [2.24, 2.45) is 0 Å². The molecule has 0 saturated heterocycles. The van der Waals surface area contributed by atoms with Crippen LogP contribution >= 0.6 is 0 Å². The van der Waals surface area contributed by atoms with E-state index in [9.17, 15) is 17.3 Å². The van der Waals surface area contributed by atoms with Crippen molar-refractivity contribution < 1.29 is 26.4 Å². The highest BCUT2D eigenvalue weighted by molar-refractivity contribution is 6.50. The normalized spacial score (nSPS) is 12.7. The molecule has 2 heterocycles. The van der Waals surface area contributed by atoms with Gasteiger partial charge in [0.1, 0.15) is 11.5 Å². The van der Waals surface area contributed by atoms with Crippen molar-refractivity contribution in [3.63, 3.8) is 0 Å². The molecule has 1 aromatic heterocycles. The highest BCUT2D eigenvalue weighted by Gasteiger charge is 2.21. The first-order valence-electron chi connectivity index (χ1n) is 15.2. The Bertz CT molecular complexity index is 1710. The van der Waals surface area contributed by atoms with Gasteiger partial charge in [-0.25, -0.2) is 4.42 Å². The average Bonchev–Trinajstić information content (AvgIpc) is 3.08. The summed E-state index contributed by atoms with van der Waals surface area (Å²) in [7, 11) is -6.00. The number of hydrogen-bond donors (Lipinski definition) is 0. The summed E-state index contributed by atoms with van der Waals surface area (Å²) in [6.07, 6.45) is 8.28. The lowest BCUT2D eigenvalue weighted by Crippen LogP contribution is -2.02. The maximum Gasteiger partial charge on any atom is 0.673 e. The van der Waals surface area contributed by atoms with Crippen LogP contribution in [0.15, 0.2) is 143 Å². The Kier molecular flexibility index (Phi) is 10.3. The first-order valence-corrected chi connectivity index (χ1v) is 15.2. The summed E-state index contributed by atoms with van der Waals surface area (Å²) in [5, 5.41) is 0. The van der Waals surface area contributed by atoms with Gasteiger partial charge in [0.25, 0.3) is 0 Å². The Balaban J connectivity index is 0.000000775. The van der Waals surface area contributed by atoms with Crippen LogP contribution in [0.1, 0.15) is 41.9 Å².